The predicted molar refractivity (Wildman–Crippen MR) is 95.8 cm³/mol. The van der Waals surface area contributed by atoms with Crippen LogP contribution in [-0.4, -0.2) is 33.7 Å². The van der Waals surface area contributed by atoms with Crippen molar-refractivity contribution in [1.82, 2.24) is 0 Å². The van der Waals surface area contributed by atoms with Gasteiger partial charge in [0.25, 0.3) is 0 Å². The number of carbonyl (C=O) groups excluding carboxylic acids is 1. The highest BCUT2D eigenvalue weighted by Gasteiger charge is 2.16. The van der Waals surface area contributed by atoms with E-state index in [0.717, 1.165) is 0 Å². The molecule has 2 aromatic carbocycles. The van der Waals surface area contributed by atoms with E-state index in [9.17, 15) is 13.2 Å². The molecule has 0 spiro atoms. The normalized spacial score (nSPS) is 12.3. The topological polar surface area (TPSA) is 105 Å². The first kappa shape index (κ1) is 20.0. The largest absolute Gasteiger partial charge is 0.490 e. The number of hydrogen-bond donors (Lipinski definition) is 1. The van der Waals surface area contributed by atoms with E-state index in [1.807, 2.05) is 0 Å². The Balaban J connectivity index is 1.74. The van der Waals surface area contributed by atoms with Crippen LogP contribution in [0, 0.1) is 0 Å². The minimum Gasteiger partial charge on any atom is -0.490 e. The monoisotopic (exact) mass is 399 g/mol. The summed E-state index contributed by atoms with van der Waals surface area (Å²) in [5.74, 6) is 0.350. The van der Waals surface area contributed by atoms with Crippen molar-refractivity contribution >= 4 is 27.6 Å². The maximum Gasteiger partial charge on any atom is 0.347 e. The van der Waals surface area contributed by atoms with Gasteiger partial charge >= 0.3 is 5.97 Å². The molecule has 2 rings (SSSR count). The highest BCUT2D eigenvalue weighted by Crippen LogP contribution is 2.18. The van der Waals surface area contributed by atoms with Crippen molar-refractivity contribution in [2.24, 2.45) is 5.14 Å². The van der Waals surface area contributed by atoms with Crippen LogP contribution in [0.2, 0.25) is 5.02 Å². The first-order valence-corrected chi connectivity index (χ1v) is 9.52. The van der Waals surface area contributed by atoms with E-state index in [-0.39, 0.29) is 18.1 Å². The molecule has 0 aliphatic heterocycles. The Morgan fingerprint density at radius 2 is 1.81 bits per heavy atom. The lowest BCUT2D eigenvalue weighted by atomic mass is 10.3. The fraction of sp³-hybridized carbons (Fsp3) is 0.235. The average Bonchev–Trinajstić information content (AvgIpc) is 2.58. The van der Waals surface area contributed by atoms with Crippen molar-refractivity contribution in [3.05, 3.63) is 53.6 Å². The number of hydrogen-bond acceptors (Lipinski definition) is 6. The van der Waals surface area contributed by atoms with Crippen molar-refractivity contribution in [3.8, 4) is 11.5 Å². The van der Waals surface area contributed by atoms with Crippen LogP contribution in [0.25, 0.3) is 0 Å². The van der Waals surface area contributed by atoms with E-state index in [2.05, 4.69) is 0 Å². The highest BCUT2D eigenvalue weighted by atomic mass is 35.5. The third-order valence-corrected chi connectivity index (χ3v) is 4.35. The lowest BCUT2D eigenvalue weighted by Crippen LogP contribution is -2.27. The minimum absolute atomic E-state index is 0.0109. The van der Waals surface area contributed by atoms with Crippen LogP contribution in [0.4, 0.5) is 0 Å². The standard InChI is InChI=1S/C17H18ClNO6S/c1-12(25-15-4-2-3-13(18)11-15)17(20)24-10-9-23-14-5-7-16(8-6-14)26(19,21)22/h2-8,11-12H,9-10H2,1H3,(H2,19,21,22)/t12-/m0/s1. The number of benzene rings is 2. The molecule has 0 amide bonds. The van der Waals surface area contributed by atoms with E-state index in [4.69, 9.17) is 31.0 Å². The van der Waals surface area contributed by atoms with Gasteiger partial charge in [-0.15, -0.1) is 0 Å². The van der Waals surface area contributed by atoms with Crippen LogP contribution in [0.1, 0.15) is 6.92 Å². The van der Waals surface area contributed by atoms with Crippen molar-refractivity contribution < 1.29 is 27.4 Å². The Morgan fingerprint density at radius 1 is 1.12 bits per heavy atom. The molecule has 2 N–H and O–H groups in total. The zero-order valence-corrected chi connectivity index (χ0v) is 15.5. The van der Waals surface area contributed by atoms with Crippen LogP contribution in [0.3, 0.4) is 0 Å². The van der Waals surface area contributed by atoms with Gasteiger partial charge in [0.05, 0.1) is 4.90 Å². The van der Waals surface area contributed by atoms with Gasteiger partial charge in [0, 0.05) is 5.02 Å². The van der Waals surface area contributed by atoms with Gasteiger partial charge in [0.1, 0.15) is 24.7 Å². The molecule has 7 nitrogen and oxygen atoms in total. The molecule has 0 fully saturated rings. The van der Waals surface area contributed by atoms with Crippen LogP contribution in [-0.2, 0) is 19.6 Å². The molecule has 2 aromatic rings. The molecule has 0 aliphatic carbocycles. The first-order chi connectivity index (χ1) is 12.3. The van der Waals surface area contributed by atoms with Gasteiger partial charge in [-0.3, -0.25) is 0 Å². The Kier molecular flexibility index (Phi) is 6.84. The summed E-state index contributed by atoms with van der Waals surface area (Å²) < 4.78 is 38.2. The van der Waals surface area contributed by atoms with Crippen molar-refractivity contribution in [3.63, 3.8) is 0 Å². The SMILES string of the molecule is C[C@H](Oc1cccc(Cl)c1)C(=O)OCCOc1ccc(S(N)(=O)=O)cc1. The van der Waals surface area contributed by atoms with Crippen molar-refractivity contribution in [2.45, 2.75) is 17.9 Å². The lowest BCUT2D eigenvalue weighted by molar-refractivity contribution is -0.151. The summed E-state index contributed by atoms with van der Waals surface area (Å²) in [7, 11) is -3.74. The average molecular weight is 400 g/mol. The molecule has 0 saturated heterocycles. The maximum absolute atomic E-state index is 11.9. The second-order valence-electron chi connectivity index (χ2n) is 5.25. The number of carbonyl (C=O) groups is 1. The number of sulfonamides is 1. The summed E-state index contributed by atoms with van der Waals surface area (Å²) in [4.78, 5) is 11.9. The molecule has 26 heavy (non-hydrogen) atoms. The quantitative estimate of drug-likeness (QED) is 0.539. The smallest absolute Gasteiger partial charge is 0.347 e. The fourth-order valence-corrected chi connectivity index (χ4v) is 2.63. The van der Waals surface area contributed by atoms with Crippen LogP contribution >= 0.6 is 11.6 Å². The van der Waals surface area contributed by atoms with E-state index in [1.165, 1.54) is 24.3 Å². The Labute approximate surface area is 156 Å². The van der Waals surface area contributed by atoms with Gasteiger partial charge in [0.2, 0.25) is 10.0 Å². The second-order valence-corrected chi connectivity index (χ2v) is 7.25. The summed E-state index contributed by atoms with van der Waals surface area (Å²) in [6.07, 6.45) is -0.803. The molecule has 9 heteroatoms. The van der Waals surface area contributed by atoms with Crippen LogP contribution < -0.4 is 14.6 Å². The van der Waals surface area contributed by atoms with Gasteiger partial charge in [-0.2, -0.15) is 0 Å². The van der Waals surface area contributed by atoms with Gasteiger partial charge in [0.15, 0.2) is 6.10 Å². The number of halogens is 1. The predicted octanol–water partition coefficient (Wildman–Crippen LogP) is 2.38. The number of rotatable bonds is 8. The molecular weight excluding hydrogens is 382 g/mol. The summed E-state index contributed by atoms with van der Waals surface area (Å²) in [5.41, 5.74) is 0. The van der Waals surface area contributed by atoms with Gasteiger partial charge in [-0.05, 0) is 49.4 Å². The summed E-state index contributed by atoms with van der Waals surface area (Å²) in [6.45, 7) is 1.68. The van der Waals surface area contributed by atoms with Gasteiger partial charge in [-0.1, -0.05) is 17.7 Å². The number of primary sulfonamides is 1. The van der Waals surface area contributed by atoms with E-state index in [0.29, 0.717) is 16.5 Å². The molecule has 140 valence electrons. The third-order valence-electron chi connectivity index (χ3n) is 3.19. The van der Waals surface area contributed by atoms with Crippen LogP contribution in [0.5, 0.6) is 11.5 Å². The third kappa shape index (κ3) is 6.21. The van der Waals surface area contributed by atoms with E-state index >= 15 is 0 Å². The Morgan fingerprint density at radius 3 is 2.42 bits per heavy atom. The molecule has 0 heterocycles. The minimum atomic E-state index is -3.74. The zero-order chi connectivity index (χ0) is 19.2. The van der Waals surface area contributed by atoms with Gasteiger partial charge in [-0.25, -0.2) is 18.4 Å². The fourth-order valence-electron chi connectivity index (χ4n) is 1.94. The number of nitrogens with two attached hydrogens (primary N) is 1. The van der Waals surface area contributed by atoms with Gasteiger partial charge < -0.3 is 14.2 Å². The van der Waals surface area contributed by atoms with Crippen molar-refractivity contribution in [1.29, 1.82) is 0 Å². The molecular formula is C17H18ClNO6S. The van der Waals surface area contributed by atoms with E-state index < -0.39 is 22.1 Å². The van der Waals surface area contributed by atoms with E-state index in [1.54, 1.807) is 31.2 Å². The number of esters is 1. The number of ether oxygens (including phenoxy) is 3. The first-order valence-electron chi connectivity index (χ1n) is 7.60. The molecule has 0 aliphatic rings. The summed E-state index contributed by atoms with van der Waals surface area (Å²) in [6, 6.07) is 12.3. The Bertz CT molecular complexity index is 854. The summed E-state index contributed by atoms with van der Waals surface area (Å²) >= 11 is 5.85. The summed E-state index contributed by atoms with van der Waals surface area (Å²) in [5, 5.41) is 5.51. The van der Waals surface area contributed by atoms with Crippen LogP contribution in [0.15, 0.2) is 53.4 Å². The highest BCUT2D eigenvalue weighted by molar-refractivity contribution is 7.89. The zero-order valence-electron chi connectivity index (χ0n) is 13.9. The lowest BCUT2D eigenvalue weighted by Gasteiger charge is -2.14. The molecule has 1 atom stereocenters. The molecule has 0 unspecified atom stereocenters. The molecule has 0 radical (unpaired) electrons. The van der Waals surface area contributed by atoms with Crippen molar-refractivity contribution in [2.75, 3.05) is 13.2 Å². The second kappa shape index (κ2) is 8.88. The molecule has 0 bridgehead atoms. The maximum atomic E-state index is 11.9. The Hall–Kier alpha value is -2.29. The molecule has 0 aromatic heterocycles. The molecule has 0 saturated carbocycles.